The molecule has 1 amide bonds. The van der Waals surface area contributed by atoms with Gasteiger partial charge in [0, 0.05) is 19.0 Å². The molecule has 19 heavy (non-hydrogen) atoms. The number of amides is 1. The Labute approximate surface area is 117 Å². The van der Waals surface area contributed by atoms with Crippen LogP contribution < -0.4 is 0 Å². The Morgan fingerprint density at radius 3 is 2.74 bits per heavy atom. The number of nitrogens with zero attached hydrogens (tertiary/aromatic N) is 1. The van der Waals surface area contributed by atoms with E-state index in [1.165, 1.54) is 25.7 Å². The van der Waals surface area contributed by atoms with Crippen LogP contribution in [0.3, 0.4) is 0 Å². The lowest BCUT2D eigenvalue weighted by molar-refractivity contribution is -0.143. The second-order valence-corrected chi connectivity index (χ2v) is 6.58. The molecular formula is C16H29NO2. The minimum atomic E-state index is 0.276. The fraction of sp³-hybridized carbons (Fsp3) is 0.938. The van der Waals surface area contributed by atoms with Gasteiger partial charge in [-0.3, -0.25) is 4.79 Å². The summed E-state index contributed by atoms with van der Waals surface area (Å²) in [7, 11) is 0. The summed E-state index contributed by atoms with van der Waals surface area (Å²) in [6.07, 6.45) is 8.54. The quantitative estimate of drug-likeness (QED) is 0.765. The molecule has 0 aromatic rings. The van der Waals surface area contributed by atoms with Crippen molar-refractivity contribution in [3.05, 3.63) is 0 Å². The van der Waals surface area contributed by atoms with Crippen molar-refractivity contribution in [2.75, 3.05) is 19.7 Å². The molecule has 3 nitrogen and oxygen atoms in total. The smallest absolute Gasteiger partial charge is 0.225 e. The molecule has 0 aromatic carbocycles. The van der Waals surface area contributed by atoms with Gasteiger partial charge in [-0.05, 0) is 25.2 Å². The van der Waals surface area contributed by atoms with Crippen molar-refractivity contribution in [1.29, 1.82) is 0 Å². The molecule has 0 bridgehead atoms. The predicted octanol–water partition coefficient (Wildman–Crippen LogP) is 3.23. The topological polar surface area (TPSA) is 29.5 Å². The van der Waals surface area contributed by atoms with Crippen LogP contribution in [0.15, 0.2) is 0 Å². The monoisotopic (exact) mass is 267 g/mol. The highest BCUT2D eigenvalue weighted by molar-refractivity contribution is 5.79. The van der Waals surface area contributed by atoms with Gasteiger partial charge >= 0.3 is 0 Å². The van der Waals surface area contributed by atoms with Crippen molar-refractivity contribution in [2.45, 2.75) is 64.9 Å². The molecule has 0 unspecified atom stereocenters. The molecule has 1 aliphatic heterocycles. The second kappa shape index (κ2) is 7.28. The third kappa shape index (κ3) is 4.48. The van der Waals surface area contributed by atoms with Gasteiger partial charge in [0.25, 0.3) is 0 Å². The molecule has 0 aromatic heterocycles. The molecule has 1 heterocycles. The Bertz CT molecular complexity index is 284. The maximum Gasteiger partial charge on any atom is 0.225 e. The van der Waals surface area contributed by atoms with Crippen LogP contribution in [-0.4, -0.2) is 36.6 Å². The molecule has 0 N–H and O–H groups in total. The lowest BCUT2D eigenvalue weighted by Crippen LogP contribution is -2.47. The van der Waals surface area contributed by atoms with Crippen LogP contribution in [0.4, 0.5) is 0 Å². The number of hydrogen-bond donors (Lipinski definition) is 0. The number of ether oxygens (including phenoxy) is 1. The van der Waals surface area contributed by atoms with Gasteiger partial charge in [-0.25, -0.2) is 0 Å². The van der Waals surface area contributed by atoms with E-state index in [1.54, 1.807) is 0 Å². The molecule has 1 saturated heterocycles. The van der Waals surface area contributed by atoms with Gasteiger partial charge in [0.05, 0.1) is 12.7 Å². The fourth-order valence-electron chi connectivity index (χ4n) is 3.28. The van der Waals surface area contributed by atoms with Crippen molar-refractivity contribution in [3.8, 4) is 0 Å². The van der Waals surface area contributed by atoms with Crippen molar-refractivity contribution in [2.24, 2.45) is 11.8 Å². The zero-order valence-corrected chi connectivity index (χ0v) is 12.6. The molecule has 1 atom stereocenters. The standard InChI is InChI=1S/C16H29NO2/c1-13(2)6-5-9-15-12-17(10-11-19-15)16(18)14-7-3-4-8-14/h13-15H,3-12H2,1-2H3/t15-/m0/s1. The van der Waals surface area contributed by atoms with E-state index in [0.717, 1.165) is 44.9 Å². The van der Waals surface area contributed by atoms with Gasteiger partial charge < -0.3 is 9.64 Å². The average Bonchev–Trinajstić information content (AvgIpc) is 2.91. The summed E-state index contributed by atoms with van der Waals surface area (Å²) in [5.74, 6) is 1.48. The first-order chi connectivity index (χ1) is 9.16. The average molecular weight is 267 g/mol. The fourth-order valence-corrected chi connectivity index (χ4v) is 3.28. The Morgan fingerprint density at radius 2 is 2.05 bits per heavy atom. The molecule has 2 rings (SSSR count). The highest BCUT2D eigenvalue weighted by Crippen LogP contribution is 2.27. The minimum absolute atomic E-state index is 0.276. The molecule has 3 heteroatoms. The van der Waals surface area contributed by atoms with Crippen molar-refractivity contribution in [3.63, 3.8) is 0 Å². The maximum absolute atomic E-state index is 12.4. The number of morpholine rings is 1. The number of hydrogen-bond acceptors (Lipinski definition) is 2. The first-order valence-electron chi connectivity index (χ1n) is 8.07. The summed E-state index contributed by atoms with van der Waals surface area (Å²) in [6.45, 7) is 6.88. The van der Waals surface area contributed by atoms with E-state index in [1.807, 2.05) is 0 Å². The molecule has 0 radical (unpaired) electrons. The molecule has 1 aliphatic carbocycles. The Balaban J connectivity index is 1.74. The predicted molar refractivity (Wildman–Crippen MR) is 77.0 cm³/mol. The van der Waals surface area contributed by atoms with E-state index in [9.17, 15) is 4.79 Å². The molecule has 2 aliphatic rings. The van der Waals surface area contributed by atoms with Crippen LogP contribution in [0.5, 0.6) is 0 Å². The van der Waals surface area contributed by atoms with E-state index >= 15 is 0 Å². The van der Waals surface area contributed by atoms with Crippen LogP contribution in [0.25, 0.3) is 0 Å². The van der Waals surface area contributed by atoms with Gasteiger partial charge in [0.1, 0.15) is 0 Å². The zero-order chi connectivity index (χ0) is 13.7. The summed E-state index contributed by atoms with van der Waals surface area (Å²) in [6, 6.07) is 0. The highest BCUT2D eigenvalue weighted by Gasteiger charge is 2.30. The normalized spacial score (nSPS) is 25.2. The van der Waals surface area contributed by atoms with Crippen LogP contribution >= 0.6 is 0 Å². The Morgan fingerprint density at radius 1 is 1.32 bits per heavy atom. The lowest BCUT2D eigenvalue weighted by Gasteiger charge is -2.34. The van der Waals surface area contributed by atoms with Gasteiger partial charge in [0.2, 0.25) is 5.91 Å². The van der Waals surface area contributed by atoms with Crippen molar-refractivity contribution >= 4 is 5.91 Å². The van der Waals surface area contributed by atoms with E-state index in [2.05, 4.69) is 18.7 Å². The molecule has 2 fully saturated rings. The van der Waals surface area contributed by atoms with Gasteiger partial charge in [-0.15, -0.1) is 0 Å². The first kappa shape index (κ1) is 14.8. The molecule has 0 spiro atoms. The largest absolute Gasteiger partial charge is 0.375 e. The van der Waals surface area contributed by atoms with Crippen LogP contribution in [-0.2, 0) is 9.53 Å². The molecule has 110 valence electrons. The van der Waals surface area contributed by atoms with E-state index in [4.69, 9.17) is 4.74 Å². The summed E-state index contributed by atoms with van der Waals surface area (Å²) >= 11 is 0. The maximum atomic E-state index is 12.4. The molecular weight excluding hydrogens is 238 g/mol. The summed E-state index contributed by atoms with van der Waals surface area (Å²) in [5.41, 5.74) is 0. The summed E-state index contributed by atoms with van der Waals surface area (Å²) < 4.78 is 5.81. The molecule has 1 saturated carbocycles. The first-order valence-corrected chi connectivity index (χ1v) is 8.07. The van der Waals surface area contributed by atoms with Crippen molar-refractivity contribution in [1.82, 2.24) is 4.90 Å². The number of rotatable bonds is 5. The van der Waals surface area contributed by atoms with E-state index < -0.39 is 0 Å². The SMILES string of the molecule is CC(C)CCC[C@H]1CN(C(=O)C2CCCC2)CCO1. The van der Waals surface area contributed by atoms with Gasteiger partial charge in [0.15, 0.2) is 0 Å². The summed E-state index contributed by atoms with van der Waals surface area (Å²) in [4.78, 5) is 14.5. The highest BCUT2D eigenvalue weighted by atomic mass is 16.5. The number of carbonyl (C=O) groups excluding carboxylic acids is 1. The van der Waals surface area contributed by atoms with Crippen LogP contribution in [0, 0.1) is 11.8 Å². The lowest BCUT2D eigenvalue weighted by atomic mass is 10.0. The third-order valence-corrected chi connectivity index (χ3v) is 4.46. The van der Waals surface area contributed by atoms with Gasteiger partial charge in [-0.1, -0.05) is 39.5 Å². The Kier molecular flexibility index (Phi) is 5.68. The van der Waals surface area contributed by atoms with E-state index in [0.29, 0.717) is 11.8 Å². The Hall–Kier alpha value is -0.570. The van der Waals surface area contributed by atoms with Crippen LogP contribution in [0.1, 0.15) is 58.8 Å². The van der Waals surface area contributed by atoms with Crippen molar-refractivity contribution < 1.29 is 9.53 Å². The third-order valence-electron chi connectivity index (χ3n) is 4.46. The zero-order valence-electron chi connectivity index (χ0n) is 12.6. The second-order valence-electron chi connectivity index (χ2n) is 6.58. The number of carbonyl (C=O) groups is 1. The van der Waals surface area contributed by atoms with Crippen LogP contribution in [0.2, 0.25) is 0 Å². The minimum Gasteiger partial charge on any atom is -0.375 e. The summed E-state index contributed by atoms with van der Waals surface area (Å²) in [5, 5.41) is 0. The van der Waals surface area contributed by atoms with E-state index in [-0.39, 0.29) is 6.10 Å². The van der Waals surface area contributed by atoms with Gasteiger partial charge in [-0.2, -0.15) is 0 Å².